The molecule has 4 nitrogen and oxygen atoms in total. The molecule has 1 aliphatic rings. The van der Waals surface area contributed by atoms with Crippen molar-refractivity contribution in [2.45, 2.75) is 19.4 Å². The minimum atomic E-state index is 0.0837. The Bertz CT molecular complexity index is 647. The minimum absolute atomic E-state index is 0.0837. The quantitative estimate of drug-likeness (QED) is 0.906. The van der Waals surface area contributed by atoms with E-state index in [1.807, 2.05) is 49.2 Å². The van der Waals surface area contributed by atoms with Gasteiger partial charge in [0.05, 0.1) is 11.1 Å². The van der Waals surface area contributed by atoms with Crippen LogP contribution in [-0.2, 0) is 0 Å². The first kappa shape index (κ1) is 13.1. The number of benzene rings is 1. The molecule has 2 aromatic rings. The molecule has 1 aromatic carbocycles. The first-order valence-corrected chi connectivity index (χ1v) is 7.01. The zero-order valence-corrected chi connectivity index (χ0v) is 11.9. The van der Waals surface area contributed by atoms with Crippen LogP contribution in [0, 0.1) is 6.92 Å². The fourth-order valence-corrected chi connectivity index (χ4v) is 2.81. The van der Waals surface area contributed by atoms with Crippen molar-refractivity contribution < 1.29 is 4.79 Å². The molecule has 0 saturated carbocycles. The van der Waals surface area contributed by atoms with Crippen LogP contribution in [0.2, 0.25) is 0 Å². The average molecular weight is 269 g/mol. The van der Waals surface area contributed by atoms with Crippen LogP contribution in [0.25, 0.3) is 10.9 Å². The van der Waals surface area contributed by atoms with E-state index in [0.717, 1.165) is 41.7 Å². The van der Waals surface area contributed by atoms with Crippen molar-refractivity contribution in [1.82, 2.24) is 15.2 Å². The van der Waals surface area contributed by atoms with Crippen LogP contribution >= 0.6 is 0 Å². The van der Waals surface area contributed by atoms with Crippen molar-refractivity contribution in [1.29, 1.82) is 0 Å². The van der Waals surface area contributed by atoms with E-state index in [1.165, 1.54) is 0 Å². The number of hydrogen-bond acceptors (Lipinski definition) is 3. The summed E-state index contributed by atoms with van der Waals surface area (Å²) in [5, 5.41) is 4.23. The van der Waals surface area contributed by atoms with Crippen LogP contribution in [0.3, 0.4) is 0 Å². The topological polar surface area (TPSA) is 45.2 Å². The van der Waals surface area contributed by atoms with Crippen LogP contribution in [0.15, 0.2) is 30.3 Å². The first-order chi connectivity index (χ1) is 9.66. The summed E-state index contributed by atoms with van der Waals surface area (Å²) >= 11 is 0. The molecule has 1 fully saturated rings. The fourth-order valence-electron chi connectivity index (χ4n) is 2.81. The normalized spacial score (nSPS) is 18.4. The summed E-state index contributed by atoms with van der Waals surface area (Å²) in [6.45, 7) is 3.79. The number of pyridine rings is 1. The number of fused-ring (bicyclic) bond motifs is 1. The Morgan fingerprint density at radius 1 is 1.40 bits per heavy atom. The third-order valence-electron chi connectivity index (χ3n) is 3.98. The van der Waals surface area contributed by atoms with E-state index < -0.39 is 0 Å². The van der Waals surface area contributed by atoms with Crippen molar-refractivity contribution in [3.63, 3.8) is 0 Å². The summed E-state index contributed by atoms with van der Waals surface area (Å²) in [5.41, 5.74) is 2.52. The van der Waals surface area contributed by atoms with Crippen LogP contribution in [0.5, 0.6) is 0 Å². The number of hydrogen-bond donors (Lipinski definition) is 1. The number of aryl methyl sites for hydroxylation is 1. The molecule has 3 rings (SSSR count). The van der Waals surface area contributed by atoms with E-state index in [0.29, 0.717) is 0 Å². The van der Waals surface area contributed by atoms with Crippen molar-refractivity contribution in [2.75, 3.05) is 20.1 Å². The standard InChI is InChI=1S/C16H19N3O/c1-11-9-14(13-5-3-4-6-15(13)18-11)16(20)19(2)12-7-8-17-10-12/h3-6,9,12,17H,7-8,10H2,1-2H3. The highest BCUT2D eigenvalue weighted by Crippen LogP contribution is 2.21. The summed E-state index contributed by atoms with van der Waals surface area (Å²) < 4.78 is 0. The summed E-state index contributed by atoms with van der Waals surface area (Å²) in [7, 11) is 1.89. The summed E-state index contributed by atoms with van der Waals surface area (Å²) in [6, 6.07) is 10.0. The van der Waals surface area contributed by atoms with Gasteiger partial charge in [0.2, 0.25) is 0 Å². The maximum absolute atomic E-state index is 12.8. The van der Waals surface area contributed by atoms with Crippen molar-refractivity contribution in [2.24, 2.45) is 0 Å². The molecule has 104 valence electrons. The second kappa shape index (κ2) is 5.21. The molecular weight excluding hydrogens is 250 g/mol. The van der Waals surface area contributed by atoms with Crippen LogP contribution in [0.1, 0.15) is 22.5 Å². The number of amides is 1. The minimum Gasteiger partial charge on any atom is -0.337 e. The number of nitrogens with one attached hydrogen (secondary N) is 1. The molecule has 20 heavy (non-hydrogen) atoms. The van der Waals surface area contributed by atoms with Crippen molar-refractivity contribution in [3.05, 3.63) is 41.6 Å². The van der Waals surface area contributed by atoms with E-state index in [1.54, 1.807) is 0 Å². The van der Waals surface area contributed by atoms with E-state index >= 15 is 0 Å². The Morgan fingerprint density at radius 3 is 2.95 bits per heavy atom. The van der Waals surface area contributed by atoms with E-state index in [4.69, 9.17) is 0 Å². The highest BCUT2D eigenvalue weighted by atomic mass is 16.2. The second-order valence-corrected chi connectivity index (χ2v) is 5.39. The Balaban J connectivity index is 2.02. The monoisotopic (exact) mass is 269 g/mol. The molecular formula is C16H19N3O. The van der Waals surface area contributed by atoms with Gasteiger partial charge in [-0.2, -0.15) is 0 Å². The maximum Gasteiger partial charge on any atom is 0.254 e. The smallest absolute Gasteiger partial charge is 0.254 e. The van der Waals surface area contributed by atoms with Gasteiger partial charge in [0.15, 0.2) is 0 Å². The van der Waals surface area contributed by atoms with E-state index in [-0.39, 0.29) is 11.9 Å². The van der Waals surface area contributed by atoms with Gasteiger partial charge in [0, 0.05) is 30.7 Å². The van der Waals surface area contributed by atoms with Gasteiger partial charge in [0.1, 0.15) is 0 Å². The van der Waals surface area contributed by atoms with Crippen molar-refractivity contribution in [3.8, 4) is 0 Å². The Kier molecular flexibility index (Phi) is 3.40. The molecule has 1 amide bonds. The predicted molar refractivity (Wildman–Crippen MR) is 79.8 cm³/mol. The SMILES string of the molecule is Cc1cc(C(=O)N(C)C2CCNC2)c2ccccc2n1. The van der Waals surface area contributed by atoms with Crippen molar-refractivity contribution >= 4 is 16.8 Å². The zero-order valence-electron chi connectivity index (χ0n) is 11.9. The third-order valence-corrected chi connectivity index (χ3v) is 3.98. The highest BCUT2D eigenvalue weighted by Gasteiger charge is 2.25. The lowest BCUT2D eigenvalue weighted by Crippen LogP contribution is -2.38. The van der Waals surface area contributed by atoms with Gasteiger partial charge in [-0.1, -0.05) is 18.2 Å². The lowest BCUT2D eigenvalue weighted by Gasteiger charge is -2.24. The molecule has 1 aromatic heterocycles. The van der Waals surface area contributed by atoms with Gasteiger partial charge in [0.25, 0.3) is 5.91 Å². The Labute approximate surface area is 118 Å². The second-order valence-electron chi connectivity index (χ2n) is 5.39. The molecule has 1 N–H and O–H groups in total. The number of rotatable bonds is 2. The molecule has 0 spiro atoms. The highest BCUT2D eigenvalue weighted by molar-refractivity contribution is 6.06. The molecule has 1 aliphatic heterocycles. The zero-order chi connectivity index (χ0) is 14.1. The number of carbonyl (C=O) groups excluding carboxylic acids is 1. The number of nitrogens with zero attached hydrogens (tertiary/aromatic N) is 2. The molecule has 1 saturated heterocycles. The van der Waals surface area contributed by atoms with Gasteiger partial charge in [-0.25, -0.2) is 0 Å². The lowest BCUT2D eigenvalue weighted by molar-refractivity contribution is 0.0745. The van der Waals surface area contributed by atoms with Crippen LogP contribution in [0.4, 0.5) is 0 Å². The largest absolute Gasteiger partial charge is 0.337 e. The Morgan fingerprint density at radius 2 is 2.20 bits per heavy atom. The molecule has 0 bridgehead atoms. The predicted octanol–water partition coefficient (Wildman–Crippen LogP) is 1.98. The first-order valence-electron chi connectivity index (χ1n) is 7.01. The number of aromatic nitrogens is 1. The summed E-state index contributed by atoms with van der Waals surface area (Å²) in [6.07, 6.45) is 1.02. The molecule has 1 atom stereocenters. The van der Waals surface area contributed by atoms with Gasteiger partial charge < -0.3 is 10.2 Å². The molecule has 4 heteroatoms. The maximum atomic E-state index is 12.8. The van der Waals surface area contributed by atoms with E-state index in [9.17, 15) is 4.79 Å². The van der Waals surface area contributed by atoms with Gasteiger partial charge in [-0.3, -0.25) is 9.78 Å². The lowest BCUT2D eigenvalue weighted by atomic mass is 10.1. The van der Waals surface area contributed by atoms with Crippen LogP contribution in [-0.4, -0.2) is 42.0 Å². The number of carbonyl (C=O) groups is 1. The molecule has 0 radical (unpaired) electrons. The molecule has 0 aliphatic carbocycles. The van der Waals surface area contributed by atoms with Gasteiger partial charge in [-0.05, 0) is 32.0 Å². The fraction of sp³-hybridized carbons (Fsp3) is 0.375. The number of para-hydroxylation sites is 1. The Hall–Kier alpha value is -1.94. The number of likely N-dealkylation sites (N-methyl/N-ethyl adjacent to an activating group) is 1. The molecule has 1 unspecified atom stereocenters. The molecule has 2 heterocycles. The summed E-state index contributed by atoms with van der Waals surface area (Å²) in [4.78, 5) is 19.1. The third kappa shape index (κ3) is 2.27. The average Bonchev–Trinajstić information content (AvgIpc) is 2.99. The van der Waals surface area contributed by atoms with Gasteiger partial charge in [-0.15, -0.1) is 0 Å². The van der Waals surface area contributed by atoms with Crippen LogP contribution < -0.4 is 5.32 Å². The van der Waals surface area contributed by atoms with E-state index in [2.05, 4.69) is 10.3 Å². The van der Waals surface area contributed by atoms with Gasteiger partial charge >= 0.3 is 0 Å². The summed E-state index contributed by atoms with van der Waals surface area (Å²) in [5.74, 6) is 0.0837.